The summed E-state index contributed by atoms with van der Waals surface area (Å²) in [7, 11) is -4.13. The highest BCUT2D eigenvalue weighted by Gasteiger charge is 2.37. The van der Waals surface area contributed by atoms with E-state index in [-0.39, 0.29) is 24.7 Å². The van der Waals surface area contributed by atoms with Gasteiger partial charge in [-0.1, -0.05) is 12.1 Å². The van der Waals surface area contributed by atoms with Crippen molar-refractivity contribution in [2.24, 2.45) is 0 Å². The third-order valence-electron chi connectivity index (χ3n) is 3.95. The van der Waals surface area contributed by atoms with Crippen LogP contribution in [-0.4, -0.2) is 37.5 Å². The number of nitrogens with zero attached hydrogens (tertiary/aromatic N) is 2. The van der Waals surface area contributed by atoms with Gasteiger partial charge in [-0.3, -0.25) is 4.98 Å². The van der Waals surface area contributed by atoms with E-state index < -0.39 is 33.8 Å². The minimum Gasteiger partial charge on any atom is -0.378 e. The summed E-state index contributed by atoms with van der Waals surface area (Å²) < 4.78 is 83.5. The molecular formula is C16H14F4N2O3S. The fourth-order valence-electron chi connectivity index (χ4n) is 2.69. The Labute approximate surface area is 147 Å². The molecule has 0 N–H and O–H groups in total. The lowest BCUT2D eigenvalue weighted by atomic mass is 10.1. The van der Waals surface area contributed by atoms with Gasteiger partial charge in [0.25, 0.3) is 0 Å². The number of halogens is 4. The summed E-state index contributed by atoms with van der Waals surface area (Å²) >= 11 is 0. The zero-order chi connectivity index (χ0) is 18.9. The van der Waals surface area contributed by atoms with Crippen LogP contribution < -0.4 is 0 Å². The number of alkyl halides is 3. The van der Waals surface area contributed by atoms with E-state index in [2.05, 4.69) is 4.98 Å². The van der Waals surface area contributed by atoms with Gasteiger partial charge in [0.2, 0.25) is 10.0 Å². The van der Waals surface area contributed by atoms with Crippen molar-refractivity contribution in [1.29, 1.82) is 0 Å². The molecule has 5 nitrogen and oxygen atoms in total. The van der Waals surface area contributed by atoms with Crippen LogP contribution in [0.3, 0.4) is 0 Å². The average Bonchev–Trinajstić information content (AvgIpc) is 2.61. The van der Waals surface area contributed by atoms with Gasteiger partial charge >= 0.3 is 6.18 Å². The van der Waals surface area contributed by atoms with Crippen LogP contribution in [0.15, 0.2) is 47.5 Å². The number of sulfonamides is 1. The van der Waals surface area contributed by atoms with Gasteiger partial charge in [-0.15, -0.1) is 0 Å². The van der Waals surface area contributed by atoms with Crippen molar-refractivity contribution >= 4 is 10.0 Å². The number of pyridine rings is 1. The zero-order valence-electron chi connectivity index (χ0n) is 13.3. The summed E-state index contributed by atoms with van der Waals surface area (Å²) in [5.41, 5.74) is -0.784. The third-order valence-corrected chi connectivity index (χ3v) is 5.84. The highest BCUT2D eigenvalue weighted by atomic mass is 32.2. The van der Waals surface area contributed by atoms with Gasteiger partial charge in [0.1, 0.15) is 16.4 Å². The fourth-order valence-corrected chi connectivity index (χ4v) is 4.22. The van der Waals surface area contributed by atoms with Crippen molar-refractivity contribution in [1.82, 2.24) is 9.29 Å². The maximum absolute atomic E-state index is 13.5. The molecule has 1 fully saturated rings. The van der Waals surface area contributed by atoms with Crippen LogP contribution in [-0.2, 0) is 20.9 Å². The monoisotopic (exact) mass is 390 g/mol. The highest BCUT2D eigenvalue weighted by Crippen LogP contribution is 2.32. The van der Waals surface area contributed by atoms with E-state index in [1.807, 2.05) is 0 Å². The van der Waals surface area contributed by atoms with Crippen molar-refractivity contribution in [2.45, 2.75) is 17.1 Å². The summed E-state index contributed by atoms with van der Waals surface area (Å²) in [6, 6.07) is 6.14. The van der Waals surface area contributed by atoms with Crippen LogP contribution in [0.2, 0.25) is 0 Å². The molecule has 26 heavy (non-hydrogen) atoms. The third kappa shape index (κ3) is 3.71. The minimum atomic E-state index is -4.66. The van der Waals surface area contributed by atoms with Crippen LogP contribution in [0.4, 0.5) is 17.6 Å². The van der Waals surface area contributed by atoms with Crippen LogP contribution in [0.1, 0.15) is 17.3 Å². The summed E-state index contributed by atoms with van der Waals surface area (Å²) in [6.07, 6.45) is -3.98. The van der Waals surface area contributed by atoms with Gasteiger partial charge in [0.15, 0.2) is 0 Å². The van der Waals surface area contributed by atoms with Gasteiger partial charge in [0.05, 0.1) is 19.3 Å². The van der Waals surface area contributed by atoms with Crippen molar-refractivity contribution < 1.29 is 30.7 Å². The van der Waals surface area contributed by atoms with Gasteiger partial charge in [-0.2, -0.15) is 17.5 Å². The lowest BCUT2D eigenvalue weighted by Crippen LogP contribution is -2.43. The van der Waals surface area contributed by atoms with Gasteiger partial charge in [0, 0.05) is 12.7 Å². The standard InChI is InChI=1S/C16H14F4N2O3S/c17-12-3-1-2-11(8-12)14-10-25-7-6-22(14)26(23,24)13-4-5-15(21-9-13)16(18,19)20/h1-5,8-9,14H,6-7,10H2. The highest BCUT2D eigenvalue weighted by molar-refractivity contribution is 7.89. The lowest BCUT2D eigenvalue weighted by molar-refractivity contribution is -0.141. The smallest absolute Gasteiger partial charge is 0.378 e. The number of hydrogen-bond donors (Lipinski definition) is 0. The molecule has 3 rings (SSSR count). The van der Waals surface area contributed by atoms with Gasteiger partial charge < -0.3 is 4.74 Å². The van der Waals surface area contributed by atoms with Gasteiger partial charge in [-0.05, 0) is 29.8 Å². The number of rotatable bonds is 3. The normalized spacial score (nSPS) is 19.5. The van der Waals surface area contributed by atoms with Crippen LogP contribution in [0.5, 0.6) is 0 Å². The quantitative estimate of drug-likeness (QED) is 0.756. The predicted molar refractivity (Wildman–Crippen MR) is 83.1 cm³/mol. The second-order valence-corrected chi connectivity index (χ2v) is 7.53. The van der Waals surface area contributed by atoms with Crippen LogP contribution >= 0.6 is 0 Å². The molecule has 0 amide bonds. The largest absolute Gasteiger partial charge is 0.433 e. The Morgan fingerprint density at radius 2 is 1.96 bits per heavy atom. The molecule has 0 radical (unpaired) electrons. The molecule has 2 heterocycles. The number of aromatic nitrogens is 1. The van der Waals surface area contributed by atoms with E-state index in [1.54, 1.807) is 6.07 Å². The number of morpholine rings is 1. The molecule has 10 heteroatoms. The van der Waals surface area contributed by atoms with Gasteiger partial charge in [-0.25, -0.2) is 12.8 Å². The number of hydrogen-bond acceptors (Lipinski definition) is 4. The van der Waals surface area contributed by atoms with Crippen molar-refractivity contribution in [2.75, 3.05) is 19.8 Å². The summed E-state index contributed by atoms with van der Waals surface area (Å²) in [4.78, 5) is 2.83. The molecule has 0 aliphatic carbocycles. The Kier molecular flexibility index (Phi) is 5.00. The van der Waals surface area contributed by atoms with E-state index >= 15 is 0 Å². The second-order valence-electron chi connectivity index (χ2n) is 5.64. The molecule has 1 aliphatic heterocycles. The maximum atomic E-state index is 13.5. The number of ether oxygens (including phenoxy) is 1. The molecule has 140 valence electrons. The van der Waals surface area contributed by atoms with E-state index in [0.717, 1.165) is 10.4 Å². The first-order valence-electron chi connectivity index (χ1n) is 7.58. The van der Waals surface area contributed by atoms with Crippen molar-refractivity contribution in [3.05, 3.63) is 59.7 Å². The first-order valence-corrected chi connectivity index (χ1v) is 9.02. The Morgan fingerprint density at radius 3 is 2.58 bits per heavy atom. The molecule has 0 spiro atoms. The summed E-state index contributed by atoms with van der Waals surface area (Å²) in [5, 5.41) is 0. The Morgan fingerprint density at radius 1 is 1.19 bits per heavy atom. The minimum absolute atomic E-state index is 0.00939. The van der Waals surface area contributed by atoms with E-state index in [4.69, 9.17) is 4.74 Å². The first-order chi connectivity index (χ1) is 12.2. The zero-order valence-corrected chi connectivity index (χ0v) is 14.1. The SMILES string of the molecule is O=S(=O)(c1ccc(C(F)(F)F)nc1)N1CCOCC1c1cccc(F)c1. The molecule has 1 aliphatic rings. The molecule has 2 aromatic rings. The van der Waals surface area contributed by atoms with Crippen LogP contribution in [0, 0.1) is 5.82 Å². The van der Waals surface area contributed by atoms with Crippen molar-refractivity contribution in [3.8, 4) is 0 Å². The van der Waals surface area contributed by atoms with Crippen LogP contribution in [0.25, 0.3) is 0 Å². The Balaban J connectivity index is 1.96. The molecule has 0 bridgehead atoms. The Bertz CT molecular complexity index is 885. The van der Waals surface area contributed by atoms with E-state index in [0.29, 0.717) is 17.8 Å². The first kappa shape index (κ1) is 18.7. The average molecular weight is 390 g/mol. The van der Waals surface area contributed by atoms with E-state index in [1.165, 1.54) is 18.2 Å². The summed E-state index contributed by atoms with van der Waals surface area (Å²) in [6.45, 7) is 0.125. The maximum Gasteiger partial charge on any atom is 0.433 e. The topological polar surface area (TPSA) is 59.5 Å². The lowest BCUT2D eigenvalue weighted by Gasteiger charge is -2.34. The molecule has 1 aromatic heterocycles. The molecular weight excluding hydrogens is 376 g/mol. The summed E-state index contributed by atoms with van der Waals surface area (Å²) in [5.74, 6) is -0.526. The molecule has 1 aromatic carbocycles. The fraction of sp³-hybridized carbons (Fsp3) is 0.312. The Hall–Kier alpha value is -2.04. The molecule has 0 saturated carbocycles. The predicted octanol–water partition coefficient (Wildman–Crippen LogP) is 3.00. The van der Waals surface area contributed by atoms with Crippen molar-refractivity contribution in [3.63, 3.8) is 0 Å². The molecule has 1 saturated heterocycles. The number of benzene rings is 1. The molecule has 1 atom stereocenters. The van der Waals surface area contributed by atoms with E-state index in [9.17, 15) is 26.0 Å². The second kappa shape index (κ2) is 6.93. The molecule has 1 unspecified atom stereocenters.